The quantitative estimate of drug-likeness (QED) is 0.762. The summed E-state index contributed by atoms with van der Waals surface area (Å²) < 4.78 is 0. The second-order valence-corrected chi connectivity index (χ2v) is 3.74. The Balaban J connectivity index is 1.76. The van der Waals surface area contributed by atoms with E-state index in [4.69, 9.17) is 0 Å². The largest absolute Gasteiger partial charge is 0.369 e. The molecule has 1 fully saturated rings. The number of rotatable bonds is 3. The van der Waals surface area contributed by atoms with Gasteiger partial charge in [-0.15, -0.1) is 0 Å². The number of piperidine rings is 1. The van der Waals surface area contributed by atoms with Crippen LogP contribution in [-0.2, 0) is 0 Å². The first-order valence-electron chi connectivity index (χ1n) is 5.33. The molecule has 0 spiro atoms. The molecule has 3 nitrogen and oxygen atoms in total. The molecule has 0 saturated carbocycles. The second-order valence-electron chi connectivity index (χ2n) is 3.74. The summed E-state index contributed by atoms with van der Waals surface area (Å²) in [5, 5.41) is 6.84. The van der Waals surface area contributed by atoms with Crippen molar-refractivity contribution >= 4 is 5.82 Å². The molecule has 1 aromatic heterocycles. The molecule has 1 aromatic rings. The number of pyridine rings is 1. The van der Waals surface area contributed by atoms with Gasteiger partial charge in [0.2, 0.25) is 0 Å². The van der Waals surface area contributed by atoms with Crippen LogP contribution in [0.3, 0.4) is 0 Å². The molecule has 2 heterocycles. The monoisotopic (exact) mass is 191 g/mol. The number of hydrogen-bond acceptors (Lipinski definition) is 3. The van der Waals surface area contributed by atoms with Crippen molar-refractivity contribution in [3.05, 3.63) is 24.4 Å². The Labute approximate surface area is 84.9 Å². The van der Waals surface area contributed by atoms with E-state index in [2.05, 4.69) is 15.6 Å². The van der Waals surface area contributed by atoms with Crippen molar-refractivity contribution in [1.82, 2.24) is 10.3 Å². The van der Waals surface area contributed by atoms with Gasteiger partial charge in [-0.3, -0.25) is 0 Å². The van der Waals surface area contributed by atoms with E-state index < -0.39 is 0 Å². The molecular formula is C11H17N3. The lowest BCUT2D eigenvalue weighted by molar-refractivity contribution is 0.414. The summed E-state index contributed by atoms with van der Waals surface area (Å²) >= 11 is 0. The van der Waals surface area contributed by atoms with Gasteiger partial charge in [0.15, 0.2) is 0 Å². The van der Waals surface area contributed by atoms with Gasteiger partial charge < -0.3 is 10.6 Å². The van der Waals surface area contributed by atoms with E-state index in [0.29, 0.717) is 6.04 Å². The van der Waals surface area contributed by atoms with Gasteiger partial charge in [0.25, 0.3) is 0 Å². The van der Waals surface area contributed by atoms with Crippen molar-refractivity contribution in [3.63, 3.8) is 0 Å². The molecule has 0 radical (unpaired) electrons. The molecule has 0 unspecified atom stereocenters. The van der Waals surface area contributed by atoms with Crippen molar-refractivity contribution in [2.24, 2.45) is 0 Å². The topological polar surface area (TPSA) is 37.0 Å². The van der Waals surface area contributed by atoms with Gasteiger partial charge in [-0.1, -0.05) is 12.5 Å². The number of nitrogens with zero attached hydrogens (tertiary/aromatic N) is 1. The first kappa shape index (κ1) is 9.46. The minimum absolute atomic E-state index is 0.616. The molecule has 1 atom stereocenters. The molecule has 0 aliphatic carbocycles. The maximum atomic E-state index is 4.22. The normalized spacial score (nSPS) is 21.9. The van der Waals surface area contributed by atoms with Gasteiger partial charge in [-0.2, -0.15) is 0 Å². The summed E-state index contributed by atoms with van der Waals surface area (Å²) in [5.41, 5.74) is 0. The fourth-order valence-electron chi connectivity index (χ4n) is 1.79. The predicted molar refractivity (Wildman–Crippen MR) is 58.4 cm³/mol. The number of nitrogens with one attached hydrogen (secondary N) is 2. The molecule has 14 heavy (non-hydrogen) atoms. The average molecular weight is 191 g/mol. The lowest BCUT2D eigenvalue weighted by atomic mass is 10.1. The van der Waals surface area contributed by atoms with Gasteiger partial charge >= 0.3 is 0 Å². The smallest absolute Gasteiger partial charge is 0.125 e. The molecule has 0 amide bonds. The molecule has 2 N–H and O–H groups in total. The van der Waals surface area contributed by atoms with Crippen LogP contribution in [0.5, 0.6) is 0 Å². The number of anilines is 1. The minimum Gasteiger partial charge on any atom is -0.369 e. The van der Waals surface area contributed by atoms with Gasteiger partial charge in [-0.05, 0) is 31.5 Å². The molecule has 1 saturated heterocycles. The van der Waals surface area contributed by atoms with E-state index in [1.54, 1.807) is 0 Å². The van der Waals surface area contributed by atoms with E-state index in [-0.39, 0.29) is 0 Å². The Morgan fingerprint density at radius 2 is 2.43 bits per heavy atom. The first-order chi connectivity index (χ1) is 6.95. The third-order valence-corrected chi connectivity index (χ3v) is 2.61. The molecule has 0 aromatic carbocycles. The van der Waals surface area contributed by atoms with Gasteiger partial charge in [0.1, 0.15) is 5.82 Å². The lowest BCUT2D eigenvalue weighted by Crippen LogP contribution is -2.39. The van der Waals surface area contributed by atoms with Crippen LogP contribution >= 0.6 is 0 Å². The third-order valence-electron chi connectivity index (χ3n) is 2.61. The van der Waals surface area contributed by atoms with E-state index in [1.165, 1.54) is 19.3 Å². The molecule has 0 bridgehead atoms. The Bertz CT molecular complexity index is 254. The molecular weight excluding hydrogens is 174 g/mol. The zero-order valence-corrected chi connectivity index (χ0v) is 8.37. The van der Waals surface area contributed by atoms with Crippen LogP contribution in [0, 0.1) is 0 Å². The van der Waals surface area contributed by atoms with Crippen molar-refractivity contribution in [3.8, 4) is 0 Å². The highest BCUT2D eigenvalue weighted by Crippen LogP contribution is 2.08. The maximum Gasteiger partial charge on any atom is 0.125 e. The molecule has 76 valence electrons. The maximum absolute atomic E-state index is 4.22. The fourth-order valence-corrected chi connectivity index (χ4v) is 1.79. The van der Waals surface area contributed by atoms with Crippen LogP contribution in [0.2, 0.25) is 0 Å². The highest BCUT2D eigenvalue weighted by atomic mass is 15.0. The van der Waals surface area contributed by atoms with Crippen molar-refractivity contribution in [2.45, 2.75) is 25.3 Å². The minimum atomic E-state index is 0.616. The Hall–Kier alpha value is -1.09. The SMILES string of the molecule is c1ccc(NC[C@@H]2CCCCN2)nc1. The summed E-state index contributed by atoms with van der Waals surface area (Å²) in [6.45, 7) is 2.14. The van der Waals surface area contributed by atoms with Crippen LogP contribution in [-0.4, -0.2) is 24.1 Å². The van der Waals surface area contributed by atoms with Crippen LogP contribution in [0.15, 0.2) is 24.4 Å². The zero-order chi connectivity index (χ0) is 9.64. The van der Waals surface area contributed by atoms with Crippen LogP contribution in [0.1, 0.15) is 19.3 Å². The van der Waals surface area contributed by atoms with Crippen LogP contribution < -0.4 is 10.6 Å². The Kier molecular flexibility index (Phi) is 3.35. The summed E-state index contributed by atoms with van der Waals surface area (Å²) in [4.78, 5) is 4.22. The standard InChI is InChI=1S/C11H17N3/c1-3-7-12-10(5-1)9-14-11-6-2-4-8-13-11/h2,4,6,8,10,12H,1,3,5,7,9H2,(H,13,14)/t10-/m0/s1. The summed E-state index contributed by atoms with van der Waals surface area (Å²) in [5.74, 6) is 0.972. The highest BCUT2D eigenvalue weighted by Gasteiger charge is 2.11. The molecule has 1 aliphatic rings. The van der Waals surface area contributed by atoms with E-state index in [0.717, 1.165) is 18.9 Å². The van der Waals surface area contributed by atoms with Crippen molar-refractivity contribution in [1.29, 1.82) is 0 Å². The third kappa shape index (κ3) is 2.70. The molecule has 2 rings (SSSR count). The van der Waals surface area contributed by atoms with E-state index >= 15 is 0 Å². The van der Waals surface area contributed by atoms with Crippen LogP contribution in [0.25, 0.3) is 0 Å². The Morgan fingerprint density at radius 1 is 1.43 bits per heavy atom. The van der Waals surface area contributed by atoms with Crippen molar-refractivity contribution in [2.75, 3.05) is 18.4 Å². The average Bonchev–Trinajstić information content (AvgIpc) is 2.29. The van der Waals surface area contributed by atoms with Gasteiger partial charge in [-0.25, -0.2) is 4.98 Å². The predicted octanol–water partition coefficient (Wildman–Crippen LogP) is 1.64. The number of aromatic nitrogens is 1. The zero-order valence-electron chi connectivity index (χ0n) is 8.37. The molecule has 3 heteroatoms. The lowest BCUT2D eigenvalue weighted by Gasteiger charge is -2.23. The number of hydrogen-bond donors (Lipinski definition) is 2. The van der Waals surface area contributed by atoms with E-state index in [9.17, 15) is 0 Å². The highest BCUT2D eigenvalue weighted by molar-refractivity contribution is 5.33. The van der Waals surface area contributed by atoms with Crippen LogP contribution in [0.4, 0.5) is 5.82 Å². The fraction of sp³-hybridized carbons (Fsp3) is 0.545. The summed E-state index contributed by atoms with van der Waals surface area (Å²) in [6, 6.07) is 6.56. The van der Waals surface area contributed by atoms with Crippen molar-refractivity contribution < 1.29 is 0 Å². The van der Waals surface area contributed by atoms with E-state index in [1.807, 2.05) is 24.4 Å². The first-order valence-corrected chi connectivity index (χ1v) is 5.33. The molecule has 1 aliphatic heterocycles. The van der Waals surface area contributed by atoms with Gasteiger partial charge in [0.05, 0.1) is 0 Å². The summed E-state index contributed by atoms with van der Waals surface area (Å²) in [7, 11) is 0. The summed E-state index contributed by atoms with van der Waals surface area (Å²) in [6.07, 6.45) is 5.76. The Morgan fingerprint density at radius 3 is 3.14 bits per heavy atom. The second kappa shape index (κ2) is 4.96. The van der Waals surface area contributed by atoms with Gasteiger partial charge in [0, 0.05) is 18.8 Å².